The number of para-hydroxylation sites is 1. The second-order valence-corrected chi connectivity index (χ2v) is 11.2. The first-order valence-electron chi connectivity index (χ1n) is 13.0. The molecule has 0 bridgehead atoms. The molecule has 1 atom stereocenters. The highest BCUT2D eigenvalue weighted by atomic mass is 79.9. The van der Waals surface area contributed by atoms with Crippen LogP contribution in [0.4, 0.5) is 11.6 Å². The van der Waals surface area contributed by atoms with Crippen LogP contribution < -0.4 is 20.1 Å². The minimum atomic E-state index is -0.531. The molecule has 1 unspecified atom stereocenters. The number of nitrogens with one attached hydrogen (secondary N) is 2. The maximum atomic E-state index is 13.7. The molecule has 1 aliphatic rings. The third kappa shape index (κ3) is 6.18. The van der Waals surface area contributed by atoms with E-state index in [1.165, 1.54) is 0 Å². The van der Waals surface area contributed by atoms with Crippen molar-refractivity contribution in [2.75, 3.05) is 23.5 Å². The molecule has 0 spiro atoms. The van der Waals surface area contributed by atoms with Gasteiger partial charge in [-0.15, -0.1) is 5.10 Å². The number of carbonyl (C=O) groups excluding carboxylic acids is 1. The predicted molar refractivity (Wildman–Crippen MR) is 162 cm³/mol. The summed E-state index contributed by atoms with van der Waals surface area (Å²) < 4.78 is 14.6. The average molecular weight is 621 g/mol. The Hall–Kier alpha value is -3.76. The lowest BCUT2D eigenvalue weighted by Gasteiger charge is -2.29. The lowest BCUT2D eigenvalue weighted by Crippen LogP contribution is -2.31. The number of aromatic nitrogens is 3. The number of benzene rings is 3. The maximum absolute atomic E-state index is 13.7. The number of amides is 1. The van der Waals surface area contributed by atoms with Gasteiger partial charge in [-0.3, -0.25) is 4.79 Å². The predicted octanol–water partition coefficient (Wildman–Crippen LogP) is 7.06. The van der Waals surface area contributed by atoms with Crippen molar-refractivity contribution in [1.82, 2.24) is 14.8 Å². The summed E-state index contributed by atoms with van der Waals surface area (Å²) in [6.45, 7) is 4.39. The number of allylic oxidation sites excluding steroid dienone is 1. The molecule has 2 heterocycles. The normalized spacial score (nSPS) is 14.3. The topological polar surface area (TPSA) is 90.3 Å². The molecule has 0 saturated carbocycles. The van der Waals surface area contributed by atoms with Gasteiger partial charge in [0.05, 0.1) is 12.7 Å². The Kier molecular flexibility index (Phi) is 8.76. The number of thioether (sulfide) groups is 1. The number of hydrogen-bond donors (Lipinski definition) is 2. The summed E-state index contributed by atoms with van der Waals surface area (Å²) >= 11 is 5.09. The van der Waals surface area contributed by atoms with E-state index in [0.29, 0.717) is 46.2 Å². The monoisotopic (exact) mass is 619 g/mol. The summed E-state index contributed by atoms with van der Waals surface area (Å²) in [5.74, 6) is 2.44. The summed E-state index contributed by atoms with van der Waals surface area (Å²) in [5, 5.41) is 11.8. The SMILES string of the molecule is CCCSc1nc2n(n1)C(c1ccc(OCc3cccc(Br)c3)c(OC)c1)C(C(=O)Nc1ccccc1)=C(C)N2. The zero-order valence-corrected chi connectivity index (χ0v) is 24.9. The van der Waals surface area contributed by atoms with E-state index in [1.54, 1.807) is 23.6 Å². The molecule has 206 valence electrons. The van der Waals surface area contributed by atoms with E-state index in [-0.39, 0.29) is 5.91 Å². The molecule has 5 rings (SSSR count). The molecule has 4 aromatic rings. The average Bonchev–Trinajstić information content (AvgIpc) is 3.37. The molecular weight excluding hydrogens is 590 g/mol. The van der Waals surface area contributed by atoms with Crippen molar-refractivity contribution in [2.45, 2.75) is 38.1 Å². The van der Waals surface area contributed by atoms with Crippen molar-refractivity contribution in [2.24, 2.45) is 0 Å². The van der Waals surface area contributed by atoms with Crippen molar-refractivity contribution in [1.29, 1.82) is 0 Å². The van der Waals surface area contributed by atoms with E-state index < -0.39 is 6.04 Å². The number of ether oxygens (including phenoxy) is 2. The molecule has 8 nitrogen and oxygen atoms in total. The lowest BCUT2D eigenvalue weighted by atomic mass is 9.94. The van der Waals surface area contributed by atoms with Crippen molar-refractivity contribution < 1.29 is 14.3 Å². The Morgan fingerprint density at radius 1 is 1.10 bits per heavy atom. The van der Waals surface area contributed by atoms with Gasteiger partial charge in [-0.05, 0) is 60.9 Å². The standard InChI is InChI=1S/C30H30BrN5O3S/c1-4-15-40-30-34-29-32-19(2)26(28(37)33-23-11-6-5-7-12-23)27(36(29)35-30)21-13-14-24(25(17-21)38-3)39-18-20-9-8-10-22(31)16-20/h5-14,16-17,27H,4,15,18H2,1-3H3,(H,33,37)(H,32,34,35). The molecule has 10 heteroatoms. The second kappa shape index (κ2) is 12.6. The fourth-order valence-corrected chi connectivity index (χ4v) is 5.60. The maximum Gasteiger partial charge on any atom is 0.255 e. The number of fused-ring (bicyclic) bond motifs is 1. The molecule has 3 aromatic carbocycles. The van der Waals surface area contributed by atoms with E-state index in [2.05, 4.69) is 33.5 Å². The smallest absolute Gasteiger partial charge is 0.255 e. The Morgan fingerprint density at radius 3 is 2.67 bits per heavy atom. The Morgan fingerprint density at radius 2 is 1.93 bits per heavy atom. The number of hydrogen-bond acceptors (Lipinski definition) is 7. The zero-order valence-electron chi connectivity index (χ0n) is 22.5. The van der Waals surface area contributed by atoms with Gasteiger partial charge in [0.25, 0.3) is 5.91 Å². The Bertz CT molecular complexity index is 1540. The quantitative estimate of drug-likeness (QED) is 0.184. The van der Waals surface area contributed by atoms with Crippen LogP contribution >= 0.6 is 27.7 Å². The van der Waals surface area contributed by atoms with Crippen molar-refractivity contribution in [3.8, 4) is 11.5 Å². The van der Waals surface area contributed by atoms with Gasteiger partial charge in [0.2, 0.25) is 11.1 Å². The molecule has 0 aliphatic carbocycles. The lowest BCUT2D eigenvalue weighted by molar-refractivity contribution is -0.113. The first kappa shape index (κ1) is 27.8. The first-order valence-corrected chi connectivity index (χ1v) is 14.7. The van der Waals surface area contributed by atoms with Crippen molar-refractivity contribution in [3.05, 3.63) is 99.7 Å². The summed E-state index contributed by atoms with van der Waals surface area (Å²) in [7, 11) is 1.61. The highest BCUT2D eigenvalue weighted by Gasteiger charge is 2.35. The van der Waals surface area contributed by atoms with Gasteiger partial charge < -0.3 is 20.1 Å². The fraction of sp³-hybridized carbons (Fsp3) is 0.233. The van der Waals surface area contributed by atoms with E-state index in [4.69, 9.17) is 19.6 Å². The number of carbonyl (C=O) groups is 1. The van der Waals surface area contributed by atoms with Crippen LogP contribution in [0.5, 0.6) is 11.5 Å². The summed E-state index contributed by atoms with van der Waals surface area (Å²) in [6, 6.07) is 22.6. The highest BCUT2D eigenvalue weighted by molar-refractivity contribution is 9.10. The van der Waals surface area contributed by atoms with E-state index in [9.17, 15) is 4.79 Å². The summed E-state index contributed by atoms with van der Waals surface area (Å²) in [6.07, 6.45) is 1.01. The molecule has 40 heavy (non-hydrogen) atoms. The van der Waals surface area contributed by atoms with Crippen LogP contribution in [0.2, 0.25) is 0 Å². The molecule has 0 saturated heterocycles. The number of methoxy groups -OCH3 is 1. The number of rotatable bonds is 10. The third-order valence-electron chi connectivity index (χ3n) is 6.33. The largest absolute Gasteiger partial charge is 0.493 e. The van der Waals surface area contributed by atoms with Gasteiger partial charge in [0, 0.05) is 21.6 Å². The Labute approximate surface area is 246 Å². The van der Waals surface area contributed by atoms with Crippen LogP contribution in [-0.4, -0.2) is 33.5 Å². The van der Waals surface area contributed by atoms with Gasteiger partial charge in [-0.25, -0.2) is 4.68 Å². The molecule has 0 fully saturated rings. The molecule has 0 radical (unpaired) electrons. The van der Waals surface area contributed by atoms with Gasteiger partial charge in [-0.1, -0.05) is 71.0 Å². The minimum Gasteiger partial charge on any atom is -0.493 e. The highest BCUT2D eigenvalue weighted by Crippen LogP contribution is 2.40. The molecule has 1 amide bonds. The van der Waals surface area contributed by atoms with E-state index >= 15 is 0 Å². The van der Waals surface area contributed by atoms with E-state index in [0.717, 1.165) is 27.8 Å². The zero-order chi connectivity index (χ0) is 28.1. The van der Waals surface area contributed by atoms with Crippen LogP contribution in [0.15, 0.2) is 93.7 Å². The molecule has 1 aromatic heterocycles. The van der Waals surface area contributed by atoms with Crippen LogP contribution in [-0.2, 0) is 11.4 Å². The van der Waals surface area contributed by atoms with Gasteiger partial charge >= 0.3 is 0 Å². The van der Waals surface area contributed by atoms with Crippen LogP contribution in [0.3, 0.4) is 0 Å². The minimum absolute atomic E-state index is 0.223. The Balaban J connectivity index is 1.51. The van der Waals surface area contributed by atoms with Gasteiger partial charge in [0.15, 0.2) is 11.5 Å². The second-order valence-electron chi connectivity index (χ2n) is 9.23. The van der Waals surface area contributed by atoms with Gasteiger partial charge in [0.1, 0.15) is 12.6 Å². The van der Waals surface area contributed by atoms with Crippen LogP contribution in [0.25, 0.3) is 0 Å². The number of anilines is 2. The van der Waals surface area contributed by atoms with Crippen LogP contribution in [0, 0.1) is 0 Å². The van der Waals surface area contributed by atoms with E-state index in [1.807, 2.05) is 79.7 Å². The fourth-order valence-electron chi connectivity index (χ4n) is 4.47. The summed E-state index contributed by atoms with van der Waals surface area (Å²) in [4.78, 5) is 18.4. The van der Waals surface area contributed by atoms with Crippen molar-refractivity contribution >= 4 is 45.2 Å². The molecular formula is C30H30BrN5O3S. The molecule has 1 aliphatic heterocycles. The summed E-state index contributed by atoms with van der Waals surface area (Å²) in [5.41, 5.74) is 3.81. The van der Waals surface area contributed by atoms with Crippen LogP contribution in [0.1, 0.15) is 37.4 Å². The number of nitrogens with zero attached hydrogens (tertiary/aromatic N) is 3. The number of halogens is 1. The third-order valence-corrected chi connectivity index (χ3v) is 7.87. The molecule has 2 N–H and O–H groups in total. The van der Waals surface area contributed by atoms with Gasteiger partial charge in [-0.2, -0.15) is 4.98 Å². The first-order chi connectivity index (χ1) is 19.5. The van der Waals surface area contributed by atoms with Crippen molar-refractivity contribution in [3.63, 3.8) is 0 Å².